The molecule has 2 aromatic rings. The molecule has 0 saturated heterocycles. The summed E-state index contributed by atoms with van der Waals surface area (Å²) < 4.78 is 9.82. The first-order valence-electron chi connectivity index (χ1n) is 7.63. The van der Waals surface area contributed by atoms with Gasteiger partial charge in [-0.25, -0.2) is 0 Å². The summed E-state index contributed by atoms with van der Waals surface area (Å²) in [7, 11) is 0. The summed E-state index contributed by atoms with van der Waals surface area (Å²) in [6.45, 7) is -0.265. The van der Waals surface area contributed by atoms with Gasteiger partial charge in [0.25, 0.3) is 11.4 Å². The molecule has 0 N–H and O–H groups in total. The Bertz CT molecular complexity index is 775. The quantitative estimate of drug-likeness (QED) is 0.297. The summed E-state index contributed by atoms with van der Waals surface area (Å²) in [4.78, 5) is 43.3. The molecule has 10 nitrogen and oxygen atoms in total. The fourth-order valence-electron chi connectivity index (χ4n) is 1.98. The summed E-state index contributed by atoms with van der Waals surface area (Å²) in [5.74, 6) is -1.61. The maximum Gasteiger partial charge on any atom is 0.317 e. The number of nitrogens with zero attached hydrogens (tertiary/aromatic N) is 2. The lowest BCUT2D eigenvalue weighted by Crippen LogP contribution is -2.13. The van der Waals surface area contributed by atoms with Gasteiger partial charge in [-0.15, -0.1) is 0 Å². The van der Waals surface area contributed by atoms with Crippen molar-refractivity contribution >= 4 is 23.3 Å². The average molecular weight is 374 g/mol. The van der Waals surface area contributed by atoms with E-state index in [1.54, 1.807) is 0 Å². The number of nitro benzene ring substituents is 2. The smallest absolute Gasteiger partial charge is 0.317 e. The van der Waals surface area contributed by atoms with Crippen molar-refractivity contribution in [1.29, 1.82) is 0 Å². The number of esters is 2. The molecule has 0 aliphatic carbocycles. The summed E-state index contributed by atoms with van der Waals surface area (Å²) in [5.41, 5.74) is 0.904. The van der Waals surface area contributed by atoms with E-state index in [1.807, 2.05) is 0 Å². The van der Waals surface area contributed by atoms with E-state index in [-0.39, 0.29) is 24.6 Å². The van der Waals surface area contributed by atoms with Crippen LogP contribution >= 0.6 is 0 Å². The summed E-state index contributed by atoms with van der Waals surface area (Å²) in [6.07, 6.45) is -0.597. The molecule has 0 atom stereocenters. The molecule has 2 aromatic carbocycles. The molecule has 0 spiro atoms. The van der Waals surface area contributed by atoms with Crippen LogP contribution in [0.2, 0.25) is 0 Å². The maximum atomic E-state index is 11.6. The Labute approximate surface area is 152 Å². The number of nitro groups is 2. The van der Waals surface area contributed by atoms with Crippen LogP contribution in [-0.2, 0) is 32.3 Å². The number of hydrogen-bond donors (Lipinski definition) is 0. The number of carbonyl (C=O) groups is 2. The Kier molecular flexibility index (Phi) is 6.53. The molecule has 0 aromatic heterocycles. The highest BCUT2D eigenvalue weighted by Crippen LogP contribution is 2.14. The second-order valence-corrected chi connectivity index (χ2v) is 5.35. The Hall–Kier alpha value is -3.82. The minimum absolute atomic E-state index is 0.0834. The molecule has 0 aliphatic rings. The predicted octanol–water partition coefficient (Wildman–Crippen LogP) is 2.68. The molecule has 0 heterocycles. The van der Waals surface area contributed by atoms with E-state index < -0.39 is 28.2 Å². The summed E-state index contributed by atoms with van der Waals surface area (Å²) in [5, 5.41) is 21.1. The van der Waals surface area contributed by atoms with E-state index in [2.05, 4.69) is 0 Å². The van der Waals surface area contributed by atoms with Gasteiger partial charge < -0.3 is 9.47 Å². The third kappa shape index (κ3) is 6.20. The minimum atomic E-state index is -0.804. The zero-order valence-corrected chi connectivity index (χ0v) is 13.9. The first kappa shape index (κ1) is 19.5. The maximum absolute atomic E-state index is 11.6. The number of benzene rings is 2. The first-order chi connectivity index (χ1) is 12.8. The van der Waals surface area contributed by atoms with E-state index >= 15 is 0 Å². The molecule has 0 bridgehead atoms. The standard InChI is InChI=1S/C17H14N2O8/c20-16(26-10-12-1-5-14(6-2-12)18(22)23)9-17(21)27-11-13-3-7-15(8-4-13)19(24)25/h1-8H,9-11H2. The Morgan fingerprint density at radius 2 is 1.04 bits per heavy atom. The van der Waals surface area contributed by atoms with Gasteiger partial charge in [-0.1, -0.05) is 0 Å². The lowest BCUT2D eigenvalue weighted by Gasteiger charge is -2.06. The molecular weight excluding hydrogens is 360 g/mol. The highest BCUT2D eigenvalue weighted by molar-refractivity contribution is 5.91. The third-order valence-corrected chi connectivity index (χ3v) is 3.38. The van der Waals surface area contributed by atoms with Gasteiger partial charge in [0.1, 0.15) is 19.6 Å². The van der Waals surface area contributed by atoms with Crippen molar-refractivity contribution in [2.75, 3.05) is 0 Å². The molecule has 0 aliphatic heterocycles. The SMILES string of the molecule is O=C(CC(=O)OCc1ccc([N+](=O)[O-])cc1)OCc1ccc([N+](=O)[O-])cc1. The van der Waals surface area contributed by atoms with Crippen molar-refractivity contribution in [1.82, 2.24) is 0 Å². The van der Waals surface area contributed by atoms with Crippen molar-refractivity contribution in [3.8, 4) is 0 Å². The molecular formula is C17H14N2O8. The molecule has 2 rings (SSSR count). The van der Waals surface area contributed by atoms with Gasteiger partial charge in [-0.3, -0.25) is 29.8 Å². The van der Waals surface area contributed by atoms with Gasteiger partial charge in [-0.05, 0) is 35.4 Å². The normalized spacial score (nSPS) is 10.1. The Morgan fingerprint density at radius 3 is 1.33 bits per heavy atom. The van der Waals surface area contributed by atoms with Gasteiger partial charge >= 0.3 is 11.9 Å². The fourth-order valence-corrected chi connectivity index (χ4v) is 1.98. The van der Waals surface area contributed by atoms with Crippen molar-refractivity contribution in [2.24, 2.45) is 0 Å². The van der Waals surface area contributed by atoms with Crippen LogP contribution < -0.4 is 0 Å². The number of ether oxygens (including phenoxy) is 2. The number of rotatable bonds is 8. The van der Waals surface area contributed by atoms with Crippen LogP contribution in [-0.4, -0.2) is 21.8 Å². The van der Waals surface area contributed by atoms with Crippen LogP contribution in [0.15, 0.2) is 48.5 Å². The largest absolute Gasteiger partial charge is 0.460 e. The second kappa shape index (κ2) is 9.04. The molecule has 0 radical (unpaired) electrons. The van der Waals surface area contributed by atoms with Crippen LogP contribution in [0.25, 0.3) is 0 Å². The van der Waals surface area contributed by atoms with Crippen LogP contribution in [0.1, 0.15) is 17.5 Å². The summed E-state index contributed by atoms with van der Waals surface area (Å²) in [6, 6.07) is 10.9. The zero-order valence-electron chi connectivity index (χ0n) is 13.9. The molecule has 0 saturated carbocycles. The van der Waals surface area contributed by atoms with E-state index in [9.17, 15) is 29.8 Å². The molecule has 0 amide bonds. The highest BCUT2D eigenvalue weighted by Gasteiger charge is 2.13. The second-order valence-electron chi connectivity index (χ2n) is 5.35. The van der Waals surface area contributed by atoms with Crippen molar-refractivity contribution in [2.45, 2.75) is 19.6 Å². The zero-order chi connectivity index (χ0) is 19.8. The van der Waals surface area contributed by atoms with E-state index in [0.29, 0.717) is 11.1 Å². The molecule has 10 heteroatoms. The van der Waals surface area contributed by atoms with E-state index in [1.165, 1.54) is 48.5 Å². The van der Waals surface area contributed by atoms with Crippen molar-refractivity contribution < 1.29 is 28.9 Å². The topological polar surface area (TPSA) is 139 Å². The third-order valence-electron chi connectivity index (χ3n) is 3.38. The summed E-state index contributed by atoms with van der Waals surface area (Å²) >= 11 is 0. The first-order valence-corrected chi connectivity index (χ1v) is 7.63. The van der Waals surface area contributed by atoms with Crippen molar-refractivity contribution in [3.63, 3.8) is 0 Å². The lowest BCUT2D eigenvalue weighted by atomic mass is 10.2. The predicted molar refractivity (Wildman–Crippen MR) is 90.4 cm³/mol. The molecule has 0 unspecified atom stereocenters. The van der Waals surface area contributed by atoms with E-state index in [0.717, 1.165) is 0 Å². The number of carbonyl (C=O) groups excluding carboxylic acids is 2. The minimum Gasteiger partial charge on any atom is -0.460 e. The Morgan fingerprint density at radius 1 is 0.704 bits per heavy atom. The van der Waals surface area contributed by atoms with Gasteiger partial charge in [-0.2, -0.15) is 0 Å². The van der Waals surface area contributed by atoms with Crippen molar-refractivity contribution in [3.05, 3.63) is 79.9 Å². The lowest BCUT2D eigenvalue weighted by molar-refractivity contribution is -0.385. The van der Waals surface area contributed by atoms with E-state index in [4.69, 9.17) is 9.47 Å². The monoisotopic (exact) mass is 374 g/mol. The fraction of sp³-hybridized carbons (Fsp3) is 0.176. The average Bonchev–Trinajstić information content (AvgIpc) is 2.65. The number of hydrogen-bond acceptors (Lipinski definition) is 8. The molecule has 27 heavy (non-hydrogen) atoms. The Balaban J connectivity index is 1.74. The van der Waals surface area contributed by atoms with Crippen LogP contribution in [0.4, 0.5) is 11.4 Å². The molecule has 0 fully saturated rings. The molecule has 140 valence electrons. The number of non-ortho nitro benzene ring substituents is 2. The van der Waals surface area contributed by atoms with Gasteiger partial charge in [0, 0.05) is 24.3 Å². The van der Waals surface area contributed by atoms with Crippen LogP contribution in [0.5, 0.6) is 0 Å². The highest BCUT2D eigenvalue weighted by atomic mass is 16.6. The van der Waals surface area contributed by atoms with Gasteiger partial charge in [0.15, 0.2) is 0 Å². The van der Waals surface area contributed by atoms with Gasteiger partial charge in [0.05, 0.1) is 9.85 Å². The van der Waals surface area contributed by atoms with Crippen LogP contribution in [0, 0.1) is 20.2 Å². The van der Waals surface area contributed by atoms with Gasteiger partial charge in [0.2, 0.25) is 0 Å². The van der Waals surface area contributed by atoms with Crippen LogP contribution in [0.3, 0.4) is 0 Å².